The maximum absolute atomic E-state index is 12.2. The highest BCUT2D eigenvalue weighted by molar-refractivity contribution is 7.89. The topological polar surface area (TPSA) is 83.6 Å². The number of nitrogens with one attached hydrogen (secondary N) is 2. The molecule has 0 aliphatic carbocycles. The van der Waals surface area contributed by atoms with Gasteiger partial charge in [-0.05, 0) is 37.3 Å². The Labute approximate surface area is 140 Å². The molecule has 124 valence electrons. The van der Waals surface area contributed by atoms with E-state index in [1.54, 1.807) is 12.1 Å². The molecule has 0 saturated carbocycles. The van der Waals surface area contributed by atoms with Gasteiger partial charge in [0, 0.05) is 22.2 Å². The highest BCUT2D eigenvalue weighted by Gasteiger charge is 2.13. The Morgan fingerprint density at radius 3 is 2.54 bits per heavy atom. The lowest BCUT2D eigenvalue weighted by Gasteiger charge is -2.04. The number of nitrogens with zero attached hydrogens (tertiary/aromatic N) is 1. The van der Waals surface area contributed by atoms with Gasteiger partial charge in [0.05, 0.1) is 18.2 Å². The molecule has 2 aromatic carbocycles. The number of para-hydroxylation sites is 1. The van der Waals surface area contributed by atoms with E-state index in [-0.39, 0.29) is 4.90 Å². The van der Waals surface area contributed by atoms with Crippen LogP contribution in [0.3, 0.4) is 0 Å². The maximum Gasteiger partial charge on any atom is 0.276 e. The summed E-state index contributed by atoms with van der Waals surface area (Å²) in [6.45, 7) is 1.92. The van der Waals surface area contributed by atoms with Crippen molar-refractivity contribution in [3.63, 3.8) is 0 Å². The highest BCUT2D eigenvalue weighted by Crippen LogP contribution is 2.20. The minimum atomic E-state index is -3.72. The Morgan fingerprint density at radius 1 is 1.12 bits per heavy atom. The molecule has 0 radical (unpaired) electrons. The summed E-state index contributed by atoms with van der Waals surface area (Å²) in [5, 5.41) is 4.89. The van der Waals surface area contributed by atoms with Crippen LogP contribution < -0.4 is 9.57 Å². The first-order valence-electron chi connectivity index (χ1n) is 7.27. The predicted octanol–water partition coefficient (Wildman–Crippen LogP) is 2.80. The number of aryl methyl sites for hydroxylation is 1. The van der Waals surface area contributed by atoms with Gasteiger partial charge in [0.15, 0.2) is 0 Å². The van der Waals surface area contributed by atoms with Crippen LogP contribution in [-0.4, -0.2) is 26.7 Å². The normalized spacial score (nSPS) is 11.9. The largest absolute Gasteiger partial charge is 0.497 e. The third-order valence-electron chi connectivity index (χ3n) is 3.68. The fourth-order valence-corrected chi connectivity index (χ4v) is 3.22. The SMILES string of the molecule is COc1ccc(S(=O)(=O)NN=Cc2c(C)[nH]c3ccccc23)cc1. The molecule has 3 rings (SSSR count). The zero-order chi connectivity index (χ0) is 17.2. The molecule has 2 N–H and O–H groups in total. The number of benzene rings is 2. The number of fused-ring (bicyclic) bond motifs is 1. The van der Waals surface area contributed by atoms with Crippen LogP contribution in [0.15, 0.2) is 58.5 Å². The number of rotatable bonds is 5. The van der Waals surface area contributed by atoms with Crippen LogP contribution in [0.4, 0.5) is 0 Å². The van der Waals surface area contributed by atoms with E-state index in [0.29, 0.717) is 5.75 Å². The summed E-state index contributed by atoms with van der Waals surface area (Å²) in [6, 6.07) is 13.9. The molecule has 6 nitrogen and oxygen atoms in total. The number of aromatic nitrogens is 1. The molecule has 0 atom stereocenters. The molecular weight excluding hydrogens is 326 g/mol. The smallest absolute Gasteiger partial charge is 0.276 e. The number of hydrogen-bond donors (Lipinski definition) is 2. The first kappa shape index (κ1) is 16.1. The molecule has 0 amide bonds. The molecule has 3 aromatic rings. The molecule has 0 unspecified atom stereocenters. The lowest BCUT2D eigenvalue weighted by molar-refractivity contribution is 0.414. The Morgan fingerprint density at radius 2 is 1.83 bits per heavy atom. The van der Waals surface area contributed by atoms with Crippen molar-refractivity contribution in [1.29, 1.82) is 0 Å². The van der Waals surface area contributed by atoms with Gasteiger partial charge in [-0.1, -0.05) is 18.2 Å². The van der Waals surface area contributed by atoms with Gasteiger partial charge in [0.2, 0.25) is 0 Å². The Balaban J connectivity index is 1.82. The average Bonchev–Trinajstić information content (AvgIpc) is 2.90. The fourth-order valence-electron chi connectivity index (χ4n) is 2.43. The summed E-state index contributed by atoms with van der Waals surface area (Å²) in [7, 11) is -2.19. The van der Waals surface area contributed by atoms with Crippen LogP contribution in [0.5, 0.6) is 5.75 Å². The van der Waals surface area contributed by atoms with Crippen LogP contribution in [0.2, 0.25) is 0 Å². The van der Waals surface area contributed by atoms with Crippen LogP contribution in [0, 0.1) is 6.92 Å². The molecule has 1 aromatic heterocycles. The molecule has 0 spiro atoms. The van der Waals surface area contributed by atoms with Gasteiger partial charge in [0.25, 0.3) is 10.0 Å². The predicted molar refractivity (Wildman–Crippen MR) is 93.9 cm³/mol. The van der Waals surface area contributed by atoms with E-state index in [2.05, 4.69) is 14.9 Å². The molecule has 0 aliphatic heterocycles. The van der Waals surface area contributed by atoms with E-state index in [4.69, 9.17) is 4.74 Å². The van der Waals surface area contributed by atoms with Gasteiger partial charge >= 0.3 is 0 Å². The first-order chi connectivity index (χ1) is 11.5. The van der Waals surface area contributed by atoms with Crippen molar-refractivity contribution >= 4 is 27.1 Å². The number of hydrazone groups is 1. The summed E-state index contributed by atoms with van der Waals surface area (Å²) >= 11 is 0. The standard InChI is InChI=1S/C17H17N3O3S/c1-12-16(15-5-3-4-6-17(15)19-12)11-18-20-24(21,22)14-9-7-13(23-2)8-10-14/h3-11,19-20H,1-2H3. The summed E-state index contributed by atoms with van der Waals surface area (Å²) in [6.07, 6.45) is 1.51. The van der Waals surface area contributed by atoms with Crippen LogP contribution >= 0.6 is 0 Å². The summed E-state index contributed by atoms with van der Waals surface area (Å²) in [5.41, 5.74) is 2.75. The van der Waals surface area contributed by atoms with E-state index >= 15 is 0 Å². The zero-order valence-electron chi connectivity index (χ0n) is 13.3. The fraction of sp³-hybridized carbons (Fsp3) is 0.118. The lowest BCUT2D eigenvalue weighted by atomic mass is 10.1. The second-order valence-corrected chi connectivity index (χ2v) is 6.90. The van der Waals surface area contributed by atoms with Crippen molar-refractivity contribution in [3.05, 3.63) is 59.8 Å². The zero-order valence-corrected chi connectivity index (χ0v) is 14.1. The lowest BCUT2D eigenvalue weighted by Crippen LogP contribution is -2.18. The van der Waals surface area contributed by atoms with Crippen molar-refractivity contribution < 1.29 is 13.2 Å². The molecule has 0 saturated heterocycles. The summed E-state index contributed by atoms with van der Waals surface area (Å²) in [5.74, 6) is 0.590. The Hall–Kier alpha value is -2.80. The molecule has 24 heavy (non-hydrogen) atoms. The monoisotopic (exact) mass is 343 g/mol. The molecule has 0 bridgehead atoms. The Kier molecular flexibility index (Phi) is 4.26. The highest BCUT2D eigenvalue weighted by atomic mass is 32.2. The number of hydrogen-bond acceptors (Lipinski definition) is 4. The molecule has 7 heteroatoms. The average molecular weight is 343 g/mol. The number of methoxy groups -OCH3 is 1. The van der Waals surface area contributed by atoms with Crippen LogP contribution in [0.25, 0.3) is 10.9 Å². The maximum atomic E-state index is 12.2. The van der Waals surface area contributed by atoms with Gasteiger partial charge in [-0.15, -0.1) is 0 Å². The van der Waals surface area contributed by atoms with Crippen LogP contribution in [-0.2, 0) is 10.0 Å². The molecule has 0 aliphatic rings. The van der Waals surface area contributed by atoms with Crippen molar-refractivity contribution in [2.45, 2.75) is 11.8 Å². The van der Waals surface area contributed by atoms with Gasteiger partial charge in [-0.2, -0.15) is 13.5 Å². The summed E-state index contributed by atoms with van der Waals surface area (Å²) < 4.78 is 29.5. The van der Waals surface area contributed by atoms with Crippen molar-refractivity contribution in [1.82, 2.24) is 9.82 Å². The second kappa shape index (κ2) is 6.37. The first-order valence-corrected chi connectivity index (χ1v) is 8.76. The quantitative estimate of drug-likeness (QED) is 0.552. The van der Waals surface area contributed by atoms with Crippen molar-refractivity contribution in [3.8, 4) is 5.75 Å². The number of aromatic amines is 1. The minimum absolute atomic E-state index is 0.121. The molecule has 0 fully saturated rings. The van der Waals surface area contributed by atoms with Gasteiger partial charge < -0.3 is 9.72 Å². The molecular formula is C17H17N3O3S. The van der Waals surface area contributed by atoms with E-state index in [1.807, 2.05) is 31.2 Å². The summed E-state index contributed by atoms with van der Waals surface area (Å²) in [4.78, 5) is 5.59. The Bertz CT molecular complexity index is 990. The minimum Gasteiger partial charge on any atom is -0.497 e. The third kappa shape index (κ3) is 3.11. The van der Waals surface area contributed by atoms with Gasteiger partial charge in [-0.3, -0.25) is 0 Å². The number of H-pyrrole nitrogens is 1. The molecule has 1 heterocycles. The van der Waals surface area contributed by atoms with E-state index in [9.17, 15) is 8.42 Å². The van der Waals surface area contributed by atoms with E-state index in [0.717, 1.165) is 22.2 Å². The van der Waals surface area contributed by atoms with Crippen molar-refractivity contribution in [2.24, 2.45) is 5.10 Å². The van der Waals surface area contributed by atoms with E-state index < -0.39 is 10.0 Å². The number of sulfonamides is 1. The van der Waals surface area contributed by atoms with E-state index in [1.165, 1.54) is 25.5 Å². The second-order valence-electron chi connectivity index (χ2n) is 5.24. The van der Waals surface area contributed by atoms with Gasteiger partial charge in [0.1, 0.15) is 5.75 Å². The van der Waals surface area contributed by atoms with Gasteiger partial charge in [-0.25, -0.2) is 4.83 Å². The van der Waals surface area contributed by atoms with Crippen molar-refractivity contribution in [2.75, 3.05) is 7.11 Å². The number of ether oxygens (including phenoxy) is 1. The third-order valence-corrected chi connectivity index (χ3v) is 4.92. The van der Waals surface area contributed by atoms with Crippen LogP contribution in [0.1, 0.15) is 11.3 Å².